The van der Waals surface area contributed by atoms with Crippen LogP contribution < -0.4 is 10.6 Å². The molecule has 1 aromatic carbocycles. The first kappa shape index (κ1) is 20.6. The first-order valence-corrected chi connectivity index (χ1v) is 10.6. The van der Waals surface area contributed by atoms with Crippen LogP contribution in [0.25, 0.3) is 0 Å². The summed E-state index contributed by atoms with van der Waals surface area (Å²) in [6.45, 7) is 7.48. The Kier molecular flexibility index (Phi) is 7.53. The number of likely N-dealkylation sites (tertiary alicyclic amines) is 2. The lowest BCUT2D eigenvalue weighted by molar-refractivity contribution is -0.125. The van der Waals surface area contributed by atoms with Crippen molar-refractivity contribution >= 4 is 17.5 Å². The summed E-state index contributed by atoms with van der Waals surface area (Å²) in [5, 5.41) is 7.43. The van der Waals surface area contributed by atoms with Crippen LogP contribution in [0.4, 0.5) is 0 Å². The number of carbonyl (C=O) groups is 1. The quantitative estimate of drug-likeness (QED) is 0.748. The molecule has 0 unspecified atom stereocenters. The molecule has 2 atom stereocenters. The maximum Gasteiger partial charge on any atom is 0.237 e. The second-order valence-electron chi connectivity index (χ2n) is 7.90. The number of amides is 1. The summed E-state index contributed by atoms with van der Waals surface area (Å²) in [4.78, 5) is 17.3. The average Bonchev–Trinajstić information content (AvgIpc) is 3.05. The summed E-state index contributed by atoms with van der Waals surface area (Å²) in [6.07, 6.45) is 4.51. The van der Waals surface area contributed by atoms with Crippen LogP contribution in [0.15, 0.2) is 24.3 Å². The van der Waals surface area contributed by atoms with E-state index in [1.807, 2.05) is 18.2 Å². The highest BCUT2D eigenvalue weighted by atomic mass is 35.5. The van der Waals surface area contributed by atoms with Gasteiger partial charge in [-0.3, -0.25) is 9.69 Å². The van der Waals surface area contributed by atoms with Gasteiger partial charge in [0.1, 0.15) is 0 Å². The zero-order chi connectivity index (χ0) is 19.2. The molecule has 2 fully saturated rings. The number of piperidine rings is 1. The Morgan fingerprint density at radius 1 is 1.26 bits per heavy atom. The van der Waals surface area contributed by atoms with E-state index >= 15 is 0 Å². The zero-order valence-electron chi connectivity index (χ0n) is 16.6. The molecule has 0 bridgehead atoms. The van der Waals surface area contributed by atoms with E-state index in [1.54, 1.807) is 7.05 Å². The average molecular weight is 393 g/mol. The summed E-state index contributed by atoms with van der Waals surface area (Å²) in [5.41, 5.74) is 1.16. The standard InChI is InChI=1S/C21H33ClN4O/c1-3-9-25-10-7-18(8-11-25)24-19-13-20(21(27)23-2)26(15-19)14-16-5-4-6-17(22)12-16/h4-6,12,18-20,24H,3,7-11,13-15H2,1-2H3,(H,23,27)/t19-,20+/m1/s1. The molecule has 5 nitrogen and oxygen atoms in total. The lowest BCUT2D eigenvalue weighted by atomic mass is 10.0. The van der Waals surface area contributed by atoms with Crippen LogP contribution >= 0.6 is 11.6 Å². The minimum atomic E-state index is -0.0772. The molecule has 2 heterocycles. The molecule has 0 saturated carbocycles. The van der Waals surface area contributed by atoms with Gasteiger partial charge >= 0.3 is 0 Å². The minimum Gasteiger partial charge on any atom is -0.358 e. The van der Waals surface area contributed by atoms with Crippen LogP contribution in [0, 0.1) is 0 Å². The fraction of sp³-hybridized carbons (Fsp3) is 0.667. The molecular formula is C21H33ClN4O. The number of benzene rings is 1. The van der Waals surface area contributed by atoms with Gasteiger partial charge in [-0.15, -0.1) is 0 Å². The molecule has 1 amide bonds. The summed E-state index contributed by atoms with van der Waals surface area (Å²) >= 11 is 6.13. The molecule has 0 aliphatic carbocycles. The fourth-order valence-electron chi connectivity index (χ4n) is 4.48. The minimum absolute atomic E-state index is 0.0772. The Labute approximate surface area is 168 Å². The van der Waals surface area contributed by atoms with E-state index in [0.717, 1.165) is 30.1 Å². The maximum atomic E-state index is 12.4. The van der Waals surface area contributed by atoms with Crippen molar-refractivity contribution in [1.82, 2.24) is 20.4 Å². The molecule has 2 saturated heterocycles. The van der Waals surface area contributed by atoms with E-state index < -0.39 is 0 Å². The number of halogens is 1. The smallest absolute Gasteiger partial charge is 0.237 e. The van der Waals surface area contributed by atoms with Crippen molar-refractivity contribution in [1.29, 1.82) is 0 Å². The van der Waals surface area contributed by atoms with Gasteiger partial charge in [-0.05, 0) is 63.0 Å². The Hall–Kier alpha value is -1.14. The Morgan fingerprint density at radius 3 is 2.70 bits per heavy atom. The monoisotopic (exact) mass is 392 g/mol. The predicted molar refractivity (Wildman–Crippen MR) is 111 cm³/mol. The fourth-order valence-corrected chi connectivity index (χ4v) is 4.69. The third-order valence-electron chi connectivity index (χ3n) is 5.83. The number of nitrogens with one attached hydrogen (secondary N) is 2. The Balaban J connectivity index is 1.57. The first-order valence-electron chi connectivity index (χ1n) is 10.3. The molecule has 0 spiro atoms. The van der Waals surface area contributed by atoms with E-state index in [0.29, 0.717) is 12.1 Å². The van der Waals surface area contributed by atoms with Crippen molar-refractivity contribution in [2.45, 2.75) is 57.3 Å². The summed E-state index contributed by atoms with van der Waals surface area (Å²) in [7, 11) is 1.73. The number of likely N-dealkylation sites (N-methyl/N-ethyl adjacent to an activating group) is 1. The van der Waals surface area contributed by atoms with Gasteiger partial charge in [0.15, 0.2) is 0 Å². The third-order valence-corrected chi connectivity index (χ3v) is 6.06. The molecule has 0 aromatic heterocycles. The van der Waals surface area contributed by atoms with Crippen molar-refractivity contribution in [2.24, 2.45) is 0 Å². The Morgan fingerprint density at radius 2 is 2.04 bits per heavy atom. The van der Waals surface area contributed by atoms with Gasteiger partial charge in [-0.2, -0.15) is 0 Å². The number of hydrogen-bond acceptors (Lipinski definition) is 4. The molecule has 6 heteroatoms. The number of rotatable bonds is 7. The van der Waals surface area contributed by atoms with Crippen molar-refractivity contribution < 1.29 is 4.79 Å². The van der Waals surface area contributed by atoms with E-state index in [9.17, 15) is 4.79 Å². The van der Waals surface area contributed by atoms with Gasteiger partial charge in [0.25, 0.3) is 0 Å². The molecule has 0 radical (unpaired) electrons. The number of nitrogens with zero attached hydrogens (tertiary/aromatic N) is 2. The Bertz CT molecular complexity index is 618. The molecule has 27 heavy (non-hydrogen) atoms. The van der Waals surface area contributed by atoms with Crippen LogP contribution in [-0.4, -0.2) is 67.1 Å². The third kappa shape index (κ3) is 5.67. The van der Waals surface area contributed by atoms with E-state index in [1.165, 1.54) is 38.9 Å². The van der Waals surface area contributed by atoms with E-state index in [2.05, 4.69) is 33.4 Å². The van der Waals surface area contributed by atoms with Crippen LogP contribution in [0.2, 0.25) is 5.02 Å². The number of carbonyl (C=O) groups excluding carboxylic acids is 1. The van der Waals surface area contributed by atoms with Gasteiger partial charge in [-0.25, -0.2) is 0 Å². The van der Waals surface area contributed by atoms with Gasteiger partial charge in [0, 0.05) is 37.2 Å². The SMILES string of the molecule is CCCN1CCC(N[C@@H]2C[C@@H](C(=O)NC)N(Cc3cccc(Cl)c3)C2)CC1. The van der Waals surface area contributed by atoms with Crippen molar-refractivity contribution in [3.63, 3.8) is 0 Å². The lowest BCUT2D eigenvalue weighted by Crippen LogP contribution is -2.47. The van der Waals surface area contributed by atoms with E-state index in [-0.39, 0.29) is 11.9 Å². The molecule has 2 aliphatic heterocycles. The molecule has 2 N–H and O–H groups in total. The van der Waals surface area contributed by atoms with Crippen molar-refractivity contribution in [3.05, 3.63) is 34.9 Å². The topological polar surface area (TPSA) is 47.6 Å². The maximum absolute atomic E-state index is 12.4. The van der Waals surface area contributed by atoms with Crippen LogP contribution in [0.3, 0.4) is 0 Å². The number of hydrogen-bond donors (Lipinski definition) is 2. The second kappa shape index (κ2) is 9.87. The highest BCUT2D eigenvalue weighted by Crippen LogP contribution is 2.23. The van der Waals surface area contributed by atoms with Gasteiger partial charge in [0.2, 0.25) is 5.91 Å². The molecular weight excluding hydrogens is 360 g/mol. The van der Waals surface area contributed by atoms with Crippen molar-refractivity contribution in [3.8, 4) is 0 Å². The molecule has 150 valence electrons. The van der Waals surface area contributed by atoms with Gasteiger partial charge in [0.05, 0.1) is 6.04 Å². The highest BCUT2D eigenvalue weighted by Gasteiger charge is 2.37. The van der Waals surface area contributed by atoms with Gasteiger partial charge < -0.3 is 15.5 Å². The second-order valence-corrected chi connectivity index (χ2v) is 8.34. The molecule has 3 rings (SSSR count). The molecule has 2 aliphatic rings. The first-order chi connectivity index (χ1) is 13.1. The van der Waals surface area contributed by atoms with Crippen LogP contribution in [0.1, 0.15) is 38.2 Å². The normalized spacial score (nSPS) is 25.0. The summed E-state index contributed by atoms with van der Waals surface area (Å²) in [5.74, 6) is 0.110. The largest absolute Gasteiger partial charge is 0.358 e. The highest BCUT2D eigenvalue weighted by molar-refractivity contribution is 6.30. The van der Waals surface area contributed by atoms with E-state index in [4.69, 9.17) is 11.6 Å². The summed E-state index contributed by atoms with van der Waals surface area (Å²) < 4.78 is 0. The predicted octanol–water partition coefficient (Wildman–Crippen LogP) is 2.49. The van der Waals surface area contributed by atoms with Crippen LogP contribution in [0.5, 0.6) is 0 Å². The van der Waals surface area contributed by atoms with Gasteiger partial charge in [-0.1, -0.05) is 30.7 Å². The molecule has 1 aromatic rings. The van der Waals surface area contributed by atoms with Crippen LogP contribution in [-0.2, 0) is 11.3 Å². The zero-order valence-corrected chi connectivity index (χ0v) is 17.3. The summed E-state index contributed by atoms with van der Waals surface area (Å²) in [6, 6.07) is 8.80. The lowest BCUT2D eigenvalue weighted by Gasteiger charge is -2.33. The van der Waals surface area contributed by atoms with Crippen molar-refractivity contribution in [2.75, 3.05) is 33.2 Å².